The van der Waals surface area contributed by atoms with Crippen LogP contribution < -0.4 is 11.3 Å². The van der Waals surface area contributed by atoms with Crippen LogP contribution in [0.5, 0.6) is 0 Å². The summed E-state index contributed by atoms with van der Waals surface area (Å²) in [6.07, 6.45) is -3.28. The molecule has 0 bridgehead atoms. The van der Waals surface area contributed by atoms with Crippen molar-refractivity contribution in [2.24, 2.45) is 0 Å². The van der Waals surface area contributed by atoms with Crippen LogP contribution in [-0.2, 0) is 45.3 Å². The third-order valence-electron chi connectivity index (χ3n) is 8.07. The number of H-pyrrole nitrogens is 1. The fourth-order valence-corrected chi connectivity index (χ4v) is 8.64. The molecule has 0 amide bonds. The Hall–Kier alpha value is -1.51. The first kappa shape index (κ1) is 42.9. The predicted molar refractivity (Wildman–Crippen MR) is 186 cm³/mol. The lowest BCUT2D eigenvalue weighted by molar-refractivity contribution is -0.0501. The number of aromatic nitrogens is 4. The van der Waals surface area contributed by atoms with E-state index in [0.717, 1.165) is 0 Å². The Balaban J connectivity index is 2.10. The molecule has 0 saturated carbocycles. The third-order valence-corrected chi connectivity index (χ3v) is 15.9. The van der Waals surface area contributed by atoms with Gasteiger partial charge in [-0.1, -0.05) is 20.8 Å². The van der Waals surface area contributed by atoms with Crippen LogP contribution in [0.1, 0.15) is 39.8 Å². The van der Waals surface area contributed by atoms with Crippen molar-refractivity contribution in [2.75, 3.05) is 66.8 Å². The van der Waals surface area contributed by atoms with Gasteiger partial charge in [-0.05, 0) is 76.6 Å². The van der Waals surface area contributed by atoms with Gasteiger partial charge in [0.15, 0.2) is 25.7 Å². The zero-order valence-electron chi connectivity index (χ0n) is 29.9. The van der Waals surface area contributed by atoms with Gasteiger partial charge in [0.2, 0.25) is 5.95 Å². The van der Waals surface area contributed by atoms with Crippen molar-refractivity contribution in [1.82, 2.24) is 29.3 Å². The van der Waals surface area contributed by atoms with Crippen molar-refractivity contribution < 1.29 is 55.1 Å². The fourth-order valence-electron chi connectivity index (χ4n) is 4.60. The number of hydrogen-bond donors (Lipinski definition) is 4. The Bertz CT molecular complexity index is 1600. The normalized spacial score (nSPS) is 23.1. The highest BCUT2D eigenvalue weighted by atomic mass is 31.2. The van der Waals surface area contributed by atoms with E-state index < -0.39 is 74.0 Å². The molecule has 0 spiro atoms. The largest absolute Gasteiger partial charge is 0.705 e. The quantitative estimate of drug-likeness (QED) is 0.0853. The number of ether oxygens (including phenoxy) is 1. The van der Waals surface area contributed by atoms with Gasteiger partial charge in [0.05, 0.1) is 26.1 Å². The van der Waals surface area contributed by atoms with Gasteiger partial charge in [-0.25, -0.2) is 14.1 Å². The van der Waals surface area contributed by atoms with Crippen LogP contribution >= 0.6 is 23.9 Å². The number of nitrogens with two attached hydrogens (primary N) is 1. The van der Waals surface area contributed by atoms with Gasteiger partial charge in [0, 0.05) is 4.57 Å². The Morgan fingerprint density at radius 3 is 2.24 bits per heavy atom. The summed E-state index contributed by atoms with van der Waals surface area (Å²) in [5.74, 6) is -0.208. The molecule has 1 saturated heterocycles. The van der Waals surface area contributed by atoms with E-state index in [1.807, 2.05) is 71.9 Å². The maximum atomic E-state index is 14.0. The van der Waals surface area contributed by atoms with E-state index in [0.29, 0.717) is 25.9 Å². The Morgan fingerprint density at radius 2 is 1.68 bits per heavy atom. The highest BCUT2D eigenvalue weighted by Gasteiger charge is 2.56. The highest BCUT2D eigenvalue weighted by molar-refractivity contribution is 7.56. The third kappa shape index (κ3) is 12.0. The van der Waals surface area contributed by atoms with Crippen molar-refractivity contribution in [3.05, 3.63) is 16.7 Å². The molecular formula is C26H51N7O13P3Si+. The maximum Gasteiger partial charge on any atom is 0.705 e. The lowest BCUT2D eigenvalue weighted by Gasteiger charge is -2.40. The second kappa shape index (κ2) is 17.5. The molecule has 2 aromatic rings. The van der Waals surface area contributed by atoms with Crippen molar-refractivity contribution in [1.29, 1.82) is 0 Å². The van der Waals surface area contributed by atoms with Crippen molar-refractivity contribution in [3.8, 4) is 0 Å². The molecule has 1 fully saturated rings. The minimum absolute atomic E-state index is 0.00950. The van der Waals surface area contributed by atoms with E-state index in [2.05, 4.69) is 15.0 Å². The first-order valence-corrected chi connectivity index (χ1v) is 22.8. The minimum atomic E-state index is -4.86. The minimum Gasteiger partial charge on any atom is -0.407 e. The number of nitrogen functional groups attached to an aromatic ring is 1. The molecule has 7 unspecified atom stereocenters. The molecule has 1 aliphatic heterocycles. The van der Waals surface area contributed by atoms with E-state index >= 15 is 0 Å². The van der Waals surface area contributed by atoms with Crippen LogP contribution in [0.25, 0.3) is 11.2 Å². The number of nitrogens with zero attached hydrogens (tertiary/aromatic N) is 5. The smallest absolute Gasteiger partial charge is 0.407 e. The molecule has 0 radical (unpaired) electrons. The van der Waals surface area contributed by atoms with Gasteiger partial charge >= 0.3 is 23.9 Å². The number of aromatic amines is 1. The average Bonchev–Trinajstić information content (AvgIpc) is 3.52. The molecule has 20 nitrogen and oxygen atoms in total. The molecular weight excluding hydrogens is 739 g/mol. The van der Waals surface area contributed by atoms with Gasteiger partial charge in [-0.2, -0.15) is 4.98 Å². The van der Waals surface area contributed by atoms with Crippen LogP contribution in [0.15, 0.2) is 11.1 Å². The number of anilines is 1. The summed E-state index contributed by atoms with van der Waals surface area (Å²) < 4.78 is 80.1. The predicted octanol–water partition coefficient (Wildman–Crippen LogP) is 3.20. The fraction of sp³-hybridized carbons (Fsp3) is 0.808. The van der Waals surface area contributed by atoms with E-state index in [1.165, 1.54) is 10.9 Å². The summed E-state index contributed by atoms with van der Waals surface area (Å²) in [5.41, 5.74) is 5.16. The number of rotatable bonds is 20. The van der Waals surface area contributed by atoms with E-state index in [1.54, 1.807) is 0 Å². The van der Waals surface area contributed by atoms with Gasteiger partial charge in [-0.15, -0.1) is 4.89 Å². The highest BCUT2D eigenvalue weighted by Crippen LogP contribution is 2.59. The Labute approximate surface area is 293 Å². The number of imidazole rings is 1. The van der Waals surface area contributed by atoms with Crippen LogP contribution in [0.4, 0.5) is 5.95 Å². The Kier molecular flexibility index (Phi) is 15.0. The van der Waals surface area contributed by atoms with Crippen molar-refractivity contribution in [3.63, 3.8) is 0 Å². The topological polar surface area (TPSA) is 252 Å². The molecule has 1 aliphatic rings. The summed E-state index contributed by atoms with van der Waals surface area (Å²) in [7, 11) is -8.48. The molecule has 2 aromatic heterocycles. The zero-order valence-corrected chi connectivity index (χ0v) is 33.6. The van der Waals surface area contributed by atoms with E-state index in [4.69, 9.17) is 37.3 Å². The number of phosphoric acid groups is 2. The van der Waals surface area contributed by atoms with Gasteiger partial charge in [0.1, 0.15) is 18.3 Å². The number of fused-ring (bicyclic) bond motifs is 1. The lowest BCUT2D eigenvalue weighted by atomic mass is 10.1. The summed E-state index contributed by atoms with van der Waals surface area (Å²) in [6, 6.07) is 0. The van der Waals surface area contributed by atoms with Crippen LogP contribution in [-0.4, -0.2) is 127 Å². The van der Waals surface area contributed by atoms with Crippen LogP contribution in [0.2, 0.25) is 18.1 Å². The first-order valence-electron chi connectivity index (χ1n) is 15.8. The molecule has 3 rings (SSSR count). The maximum absolute atomic E-state index is 14.0. The molecule has 3 heterocycles. The summed E-state index contributed by atoms with van der Waals surface area (Å²) in [4.78, 5) is 47.3. The number of phosphoric ester groups is 2. The average molecular weight is 791 g/mol. The number of nitrogens with one attached hydrogen (secondary N) is 1. The zero-order chi connectivity index (χ0) is 37.7. The van der Waals surface area contributed by atoms with Crippen molar-refractivity contribution >= 4 is 49.3 Å². The number of hydrogen-bond acceptors (Lipinski definition) is 16. The first-order chi connectivity index (χ1) is 23.0. The molecule has 286 valence electrons. The summed E-state index contributed by atoms with van der Waals surface area (Å²) in [5, 5.41) is -0.397. The SMILES string of the molecule is CN(C)CCCOP(=O)(O)OCC1OC(n2cnc3c(=O)[nH]c(N)nc32)C(O[Si](C)(C)C(C)(C)C)C1OP(=O)(OCCCN(C)C)O[P+](=O)O. The van der Waals surface area contributed by atoms with Gasteiger partial charge in [0.25, 0.3) is 5.56 Å². The monoisotopic (exact) mass is 790 g/mol. The second-order valence-corrected chi connectivity index (χ2v) is 22.5. The lowest BCUT2D eigenvalue weighted by Crippen LogP contribution is -2.49. The summed E-state index contributed by atoms with van der Waals surface area (Å²) in [6.45, 7) is 9.95. The molecule has 24 heteroatoms. The van der Waals surface area contributed by atoms with Crippen LogP contribution in [0, 0.1) is 0 Å². The molecule has 50 heavy (non-hydrogen) atoms. The van der Waals surface area contributed by atoms with Crippen LogP contribution in [0.3, 0.4) is 0 Å². The molecule has 0 aliphatic carbocycles. The summed E-state index contributed by atoms with van der Waals surface area (Å²) >= 11 is 0. The second-order valence-electron chi connectivity index (χ2n) is 13.8. The van der Waals surface area contributed by atoms with Gasteiger partial charge in [-0.3, -0.25) is 32.4 Å². The van der Waals surface area contributed by atoms with Gasteiger partial charge < -0.3 is 29.6 Å². The van der Waals surface area contributed by atoms with Crippen molar-refractivity contribution in [2.45, 2.75) is 76.3 Å². The molecule has 5 N–H and O–H groups in total. The van der Waals surface area contributed by atoms with E-state index in [-0.39, 0.29) is 30.3 Å². The standard InChI is InChI=1S/C26H50N7O13P3Si/c1-26(2,3)50(8,9)45-21-20(44-49(39,46-47(35)36)41-15-11-13-32(6)7)18(16-42-48(37,38)40-14-10-12-31(4)5)43-24(21)33-17-28-19-22(33)29-25(27)30-23(19)34/h17-18,20-21,24H,10-16H2,1-9H3,(H4-,27,29,30,34,35,36,37,38)/p+1. The molecule has 0 aromatic carbocycles. The molecule has 7 atom stereocenters. The Morgan fingerprint density at radius 1 is 1.08 bits per heavy atom. The van der Waals surface area contributed by atoms with E-state index in [9.17, 15) is 28.3 Å².